The van der Waals surface area contributed by atoms with E-state index in [1.807, 2.05) is 0 Å². The van der Waals surface area contributed by atoms with E-state index in [-0.39, 0.29) is 5.69 Å². The Bertz CT molecular complexity index is 586. The van der Waals surface area contributed by atoms with Crippen LogP contribution in [0.4, 0.5) is 11.5 Å². The quantitative estimate of drug-likeness (QED) is 0.525. The van der Waals surface area contributed by atoms with Crippen LogP contribution in [0.3, 0.4) is 0 Å². The molecule has 0 radical (unpaired) electrons. The number of rotatable bonds is 6. The van der Waals surface area contributed by atoms with Crippen LogP contribution in [0.5, 0.6) is 5.75 Å². The summed E-state index contributed by atoms with van der Waals surface area (Å²) in [5, 5.41) is 2.95. The standard InChI is InChI=1S/C13H15N5O2/c14-9-1-3-10(4-2-9)20-8-7-18-13-11(12(15)19)16-5-6-17-13/h1-6H,7-8,14H2,(H2,15,19)(H,17,18). The molecular weight excluding hydrogens is 258 g/mol. The average Bonchev–Trinajstić information content (AvgIpc) is 2.46. The number of amides is 1. The van der Waals surface area contributed by atoms with Gasteiger partial charge >= 0.3 is 0 Å². The largest absolute Gasteiger partial charge is 0.492 e. The van der Waals surface area contributed by atoms with Crippen LogP contribution in [0.1, 0.15) is 10.5 Å². The first kappa shape index (κ1) is 13.6. The van der Waals surface area contributed by atoms with Gasteiger partial charge in [-0.25, -0.2) is 9.97 Å². The lowest BCUT2D eigenvalue weighted by Gasteiger charge is -2.09. The molecule has 0 fully saturated rings. The van der Waals surface area contributed by atoms with Crippen molar-refractivity contribution in [2.45, 2.75) is 0 Å². The Labute approximate surface area is 116 Å². The molecule has 0 aliphatic heterocycles. The van der Waals surface area contributed by atoms with Gasteiger partial charge in [0.2, 0.25) is 0 Å². The minimum Gasteiger partial charge on any atom is -0.492 e. The third kappa shape index (κ3) is 3.58. The number of nitrogens with two attached hydrogens (primary N) is 2. The van der Waals surface area contributed by atoms with Crippen molar-refractivity contribution in [3.8, 4) is 5.75 Å². The van der Waals surface area contributed by atoms with Crippen LogP contribution in [0, 0.1) is 0 Å². The lowest BCUT2D eigenvalue weighted by Crippen LogP contribution is -2.19. The molecule has 5 N–H and O–H groups in total. The van der Waals surface area contributed by atoms with Crippen molar-refractivity contribution in [3.63, 3.8) is 0 Å². The van der Waals surface area contributed by atoms with E-state index in [1.54, 1.807) is 24.3 Å². The van der Waals surface area contributed by atoms with E-state index in [4.69, 9.17) is 16.2 Å². The number of hydrogen-bond donors (Lipinski definition) is 3. The number of nitrogens with one attached hydrogen (secondary N) is 1. The first-order chi connectivity index (χ1) is 9.66. The van der Waals surface area contributed by atoms with Crippen molar-refractivity contribution in [3.05, 3.63) is 42.4 Å². The van der Waals surface area contributed by atoms with Crippen molar-refractivity contribution < 1.29 is 9.53 Å². The van der Waals surface area contributed by atoms with Gasteiger partial charge in [0, 0.05) is 18.1 Å². The highest BCUT2D eigenvalue weighted by atomic mass is 16.5. The molecule has 1 heterocycles. The molecule has 0 unspecified atom stereocenters. The Hall–Kier alpha value is -2.83. The molecule has 7 nitrogen and oxygen atoms in total. The second kappa shape index (κ2) is 6.37. The lowest BCUT2D eigenvalue weighted by atomic mass is 10.3. The van der Waals surface area contributed by atoms with Crippen molar-refractivity contribution in [1.82, 2.24) is 9.97 Å². The third-order valence-electron chi connectivity index (χ3n) is 2.47. The molecule has 0 saturated carbocycles. The van der Waals surface area contributed by atoms with Crippen molar-refractivity contribution in [1.29, 1.82) is 0 Å². The summed E-state index contributed by atoms with van der Waals surface area (Å²) in [5.41, 5.74) is 11.6. The Morgan fingerprint density at radius 3 is 2.60 bits per heavy atom. The smallest absolute Gasteiger partial charge is 0.271 e. The molecule has 0 spiro atoms. The summed E-state index contributed by atoms with van der Waals surface area (Å²) < 4.78 is 5.50. The predicted octanol–water partition coefficient (Wildman–Crippen LogP) is 0.649. The Balaban J connectivity index is 1.84. The molecule has 1 amide bonds. The zero-order valence-corrected chi connectivity index (χ0v) is 10.7. The lowest BCUT2D eigenvalue weighted by molar-refractivity contribution is 0.0996. The minimum absolute atomic E-state index is 0.111. The van der Waals surface area contributed by atoms with Crippen LogP contribution < -0.4 is 21.5 Å². The van der Waals surface area contributed by atoms with Gasteiger partial charge in [-0.2, -0.15) is 0 Å². The number of nitrogen functional groups attached to an aromatic ring is 1. The van der Waals surface area contributed by atoms with Gasteiger partial charge in [0.1, 0.15) is 12.4 Å². The number of carbonyl (C=O) groups excluding carboxylic acids is 1. The number of primary amides is 1. The zero-order valence-electron chi connectivity index (χ0n) is 10.7. The summed E-state index contributed by atoms with van der Waals surface area (Å²) in [5.74, 6) is 0.441. The highest BCUT2D eigenvalue weighted by molar-refractivity contribution is 5.95. The van der Waals surface area contributed by atoms with Gasteiger partial charge in [-0.05, 0) is 24.3 Å². The second-order valence-electron chi connectivity index (χ2n) is 3.96. The number of carbonyl (C=O) groups is 1. The van der Waals surface area contributed by atoms with Gasteiger partial charge in [-0.3, -0.25) is 4.79 Å². The van der Waals surface area contributed by atoms with Crippen LogP contribution in [-0.4, -0.2) is 29.0 Å². The van der Waals surface area contributed by atoms with Gasteiger partial charge in [0.25, 0.3) is 5.91 Å². The summed E-state index contributed by atoms with van der Waals surface area (Å²) in [6.45, 7) is 0.863. The fourth-order valence-electron chi connectivity index (χ4n) is 1.55. The first-order valence-corrected chi connectivity index (χ1v) is 6.00. The summed E-state index contributed by atoms with van der Waals surface area (Å²) in [6, 6.07) is 7.09. The number of hydrogen-bond acceptors (Lipinski definition) is 6. The van der Waals surface area contributed by atoms with Gasteiger partial charge in [-0.15, -0.1) is 0 Å². The first-order valence-electron chi connectivity index (χ1n) is 6.00. The molecule has 0 saturated heterocycles. The third-order valence-corrected chi connectivity index (χ3v) is 2.47. The summed E-state index contributed by atoms with van der Waals surface area (Å²) in [6.07, 6.45) is 2.89. The van der Waals surface area contributed by atoms with E-state index in [0.717, 1.165) is 5.75 Å². The second-order valence-corrected chi connectivity index (χ2v) is 3.96. The molecule has 0 aliphatic carbocycles. The van der Waals surface area contributed by atoms with Crippen LogP contribution in [0.25, 0.3) is 0 Å². The van der Waals surface area contributed by atoms with E-state index >= 15 is 0 Å². The van der Waals surface area contributed by atoms with Crippen LogP contribution in [0.15, 0.2) is 36.7 Å². The number of benzene rings is 1. The van der Waals surface area contributed by atoms with Gasteiger partial charge in [0.15, 0.2) is 11.5 Å². The number of nitrogens with zero attached hydrogens (tertiary/aromatic N) is 2. The molecule has 7 heteroatoms. The Kier molecular flexibility index (Phi) is 4.33. The highest BCUT2D eigenvalue weighted by Crippen LogP contribution is 2.13. The highest BCUT2D eigenvalue weighted by Gasteiger charge is 2.09. The fraction of sp³-hybridized carbons (Fsp3) is 0.154. The number of ether oxygens (including phenoxy) is 1. The molecule has 104 valence electrons. The topological polar surface area (TPSA) is 116 Å². The average molecular weight is 273 g/mol. The summed E-state index contributed by atoms with van der Waals surface area (Å²) in [4.78, 5) is 19.0. The van der Waals surface area contributed by atoms with Crippen LogP contribution in [-0.2, 0) is 0 Å². The zero-order chi connectivity index (χ0) is 14.4. The van der Waals surface area contributed by atoms with E-state index in [1.165, 1.54) is 12.4 Å². The Morgan fingerprint density at radius 2 is 1.90 bits per heavy atom. The monoisotopic (exact) mass is 273 g/mol. The van der Waals surface area contributed by atoms with E-state index in [0.29, 0.717) is 24.7 Å². The van der Waals surface area contributed by atoms with Crippen LogP contribution >= 0.6 is 0 Å². The summed E-state index contributed by atoms with van der Waals surface area (Å²) in [7, 11) is 0. The molecule has 2 aromatic rings. The maximum absolute atomic E-state index is 11.1. The number of anilines is 2. The molecule has 1 aromatic carbocycles. The molecule has 0 atom stereocenters. The van der Waals surface area contributed by atoms with Gasteiger partial charge < -0.3 is 21.5 Å². The van der Waals surface area contributed by atoms with Crippen molar-refractivity contribution in [2.24, 2.45) is 5.73 Å². The van der Waals surface area contributed by atoms with E-state index < -0.39 is 5.91 Å². The van der Waals surface area contributed by atoms with Crippen LogP contribution in [0.2, 0.25) is 0 Å². The van der Waals surface area contributed by atoms with Gasteiger partial charge in [0.05, 0.1) is 6.54 Å². The Morgan fingerprint density at radius 1 is 1.20 bits per heavy atom. The maximum Gasteiger partial charge on any atom is 0.271 e. The SMILES string of the molecule is NC(=O)c1nccnc1NCCOc1ccc(N)cc1. The molecule has 1 aromatic heterocycles. The molecule has 0 bridgehead atoms. The molecule has 2 rings (SSSR count). The van der Waals surface area contributed by atoms with Crippen molar-refractivity contribution >= 4 is 17.4 Å². The van der Waals surface area contributed by atoms with Gasteiger partial charge in [-0.1, -0.05) is 0 Å². The molecule has 0 aliphatic rings. The van der Waals surface area contributed by atoms with Crippen molar-refractivity contribution in [2.75, 3.05) is 24.2 Å². The summed E-state index contributed by atoms with van der Waals surface area (Å²) >= 11 is 0. The van der Waals surface area contributed by atoms with E-state index in [9.17, 15) is 4.79 Å². The molecular formula is C13H15N5O2. The maximum atomic E-state index is 11.1. The normalized spacial score (nSPS) is 10.0. The van der Waals surface area contributed by atoms with E-state index in [2.05, 4.69) is 15.3 Å². The fourth-order valence-corrected chi connectivity index (χ4v) is 1.55. The minimum atomic E-state index is -0.625. The molecule has 20 heavy (non-hydrogen) atoms. The number of aromatic nitrogens is 2. The predicted molar refractivity (Wildman–Crippen MR) is 75.4 cm³/mol.